The monoisotopic (exact) mass is 379 g/mol. The highest BCUT2D eigenvalue weighted by atomic mass is 32.2. The summed E-state index contributed by atoms with van der Waals surface area (Å²) in [7, 11) is 4.53. The molecule has 1 aromatic carbocycles. The van der Waals surface area contributed by atoms with Gasteiger partial charge in [0.25, 0.3) is 5.91 Å². The van der Waals surface area contributed by atoms with E-state index < -0.39 is 23.7 Å². The number of hydrogen-bond donors (Lipinski definition) is 1. The molecular weight excluding hydrogens is 358 g/mol. The molecule has 1 unspecified atom stereocenters. The summed E-state index contributed by atoms with van der Waals surface area (Å²) in [6.07, 6.45) is -0.488. The standard InChI is InChI=1S/C18H21NO6S/c1-5-26-18-15(11(9-14(20)21)17(23)19(18)2)16(22)10-6-7-12(24-3)13(8-10)25-4/h6-8,18H,5,9H2,1-4H3,(H,20,21). The molecule has 0 saturated heterocycles. The van der Waals surface area contributed by atoms with E-state index in [1.54, 1.807) is 19.2 Å². The highest BCUT2D eigenvalue weighted by Gasteiger charge is 2.41. The lowest BCUT2D eigenvalue weighted by atomic mass is 9.98. The van der Waals surface area contributed by atoms with E-state index in [4.69, 9.17) is 14.6 Å². The zero-order valence-corrected chi connectivity index (χ0v) is 15.9. The van der Waals surface area contributed by atoms with Crippen LogP contribution in [0.3, 0.4) is 0 Å². The summed E-state index contributed by atoms with van der Waals surface area (Å²) >= 11 is 1.41. The van der Waals surface area contributed by atoms with Gasteiger partial charge >= 0.3 is 5.97 Å². The van der Waals surface area contributed by atoms with Crippen molar-refractivity contribution in [1.29, 1.82) is 0 Å². The van der Waals surface area contributed by atoms with E-state index in [0.717, 1.165) is 0 Å². The van der Waals surface area contributed by atoms with Crippen molar-refractivity contribution < 1.29 is 29.0 Å². The number of aliphatic carboxylic acids is 1. The Morgan fingerprint density at radius 3 is 2.42 bits per heavy atom. The van der Waals surface area contributed by atoms with Gasteiger partial charge in [0, 0.05) is 23.8 Å². The SMILES string of the molecule is CCSC1C(C(=O)c2ccc(OC)c(OC)c2)=C(CC(=O)O)C(=O)N1C. The zero-order valence-electron chi connectivity index (χ0n) is 15.1. The molecule has 0 fully saturated rings. The number of thioether (sulfide) groups is 1. The largest absolute Gasteiger partial charge is 0.493 e. The molecule has 1 aliphatic heterocycles. The Hall–Kier alpha value is -2.48. The van der Waals surface area contributed by atoms with Crippen LogP contribution in [0.25, 0.3) is 0 Å². The number of amides is 1. The maximum Gasteiger partial charge on any atom is 0.308 e. The normalized spacial score (nSPS) is 16.8. The second-order valence-corrected chi connectivity index (χ2v) is 6.94. The molecule has 1 amide bonds. The molecule has 0 saturated carbocycles. The lowest BCUT2D eigenvalue weighted by molar-refractivity contribution is -0.137. The molecule has 2 rings (SSSR count). The summed E-state index contributed by atoms with van der Waals surface area (Å²) in [6.45, 7) is 1.91. The Morgan fingerprint density at radius 2 is 1.88 bits per heavy atom. The first kappa shape index (κ1) is 19.8. The molecule has 1 aromatic rings. The van der Waals surface area contributed by atoms with E-state index in [9.17, 15) is 14.4 Å². The molecule has 26 heavy (non-hydrogen) atoms. The van der Waals surface area contributed by atoms with Gasteiger partial charge < -0.3 is 19.5 Å². The van der Waals surface area contributed by atoms with Crippen LogP contribution in [0.5, 0.6) is 11.5 Å². The van der Waals surface area contributed by atoms with E-state index in [2.05, 4.69) is 0 Å². The fraction of sp³-hybridized carbons (Fsp3) is 0.389. The molecule has 0 aromatic heterocycles. The van der Waals surface area contributed by atoms with Gasteiger partial charge in [-0.25, -0.2) is 0 Å². The number of rotatable bonds is 8. The molecule has 0 bridgehead atoms. The Balaban J connectivity index is 2.55. The first-order chi connectivity index (χ1) is 12.3. The van der Waals surface area contributed by atoms with Gasteiger partial charge in [0.1, 0.15) is 5.37 Å². The third-order valence-corrected chi connectivity index (χ3v) is 5.25. The second kappa shape index (κ2) is 8.27. The number of carbonyl (C=O) groups excluding carboxylic acids is 2. The fourth-order valence-electron chi connectivity index (χ4n) is 2.83. The summed E-state index contributed by atoms with van der Waals surface area (Å²) in [4.78, 5) is 38.3. The Morgan fingerprint density at radius 1 is 1.23 bits per heavy atom. The predicted molar refractivity (Wildman–Crippen MR) is 97.8 cm³/mol. The van der Waals surface area contributed by atoms with Crippen molar-refractivity contribution >= 4 is 29.4 Å². The van der Waals surface area contributed by atoms with Crippen LogP contribution in [0.15, 0.2) is 29.3 Å². The van der Waals surface area contributed by atoms with E-state index in [0.29, 0.717) is 22.8 Å². The minimum absolute atomic E-state index is 0.0331. The molecule has 0 aliphatic carbocycles. The number of carboxylic acids is 1. The third kappa shape index (κ3) is 3.70. The van der Waals surface area contributed by atoms with Gasteiger partial charge in [-0.1, -0.05) is 6.92 Å². The molecule has 7 nitrogen and oxygen atoms in total. The molecule has 1 atom stereocenters. The molecule has 0 spiro atoms. The van der Waals surface area contributed by atoms with Gasteiger partial charge in [-0.2, -0.15) is 0 Å². The number of likely N-dealkylation sites (N-methyl/N-ethyl adjacent to an activating group) is 1. The van der Waals surface area contributed by atoms with E-state index in [1.165, 1.54) is 36.9 Å². The highest BCUT2D eigenvalue weighted by Crippen LogP contribution is 2.37. The highest BCUT2D eigenvalue weighted by molar-refractivity contribution is 8.00. The van der Waals surface area contributed by atoms with E-state index in [1.807, 2.05) is 6.92 Å². The van der Waals surface area contributed by atoms with Crippen molar-refractivity contribution in [3.8, 4) is 11.5 Å². The van der Waals surface area contributed by atoms with Crippen LogP contribution in [-0.2, 0) is 9.59 Å². The first-order valence-corrected chi connectivity index (χ1v) is 9.00. The van der Waals surface area contributed by atoms with Crippen LogP contribution in [0, 0.1) is 0 Å². The van der Waals surface area contributed by atoms with Crippen molar-refractivity contribution in [2.24, 2.45) is 0 Å². The number of hydrogen-bond acceptors (Lipinski definition) is 6. The van der Waals surface area contributed by atoms with Gasteiger partial charge in [-0.05, 0) is 24.0 Å². The van der Waals surface area contributed by atoms with Gasteiger partial charge in [0.15, 0.2) is 17.3 Å². The molecule has 8 heteroatoms. The van der Waals surface area contributed by atoms with Crippen molar-refractivity contribution in [1.82, 2.24) is 4.90 Å². The average Bonchev–Trinajstić information content (AvgIpc) is 2.85. The van der Waals surface area contributed by atoms with Crippen LogP contribution in [-0.4, -0.2) is 60.1 Å². The number of benzene rings is 1. The van der Waals surface area contributed by atoms with Crippen molar-refractivity contribution in [3.05, 3.63) is 34.9 Å². The van der Waals surface area contributed by atoms with Crippen molar-refractivity contribution in [2.75, 3.05) is 27.0 Å². The van der Waals surface area contributed by atoms with Gasteiger partial charge in [-0.3, -0.25) is 14.4 Å². The smallest absolute Gasteiger partial charge is 0.308 e. The average molecular weight is 379 g/mol. The molecule has 1 aliphatic rings. The molecule has 0 radical (unpaired) electrons. The van der Waals surface area contributed by atoms with Crippen molar-refractivity contribution in [2.45, 2.75) is 18.7 Å². The van der Waals surface area contributed by atoms with Gasteiger partial charge in [0.2, 0.25) is 0 Å². The Bertz CT molecular complexity index is 773. The number of nitrogens with zero attached hydrogens (tertiary/aromatic N) is 1. The zero-order chi connectivity index (χ0) is 19.4. The Labute approximate surface area is 156 Å². The number of Topliss-reactive ketones (excluding diaryl/α,β-unsaturated/α-hetero) is 1. The molecular formula is C18H21NO6S. The summed E-state index contributed by atoms with van der Waals surface area (Å²) in [5.74, 6) is -0.431. The third-order valence-electron chi connectivity index (χ3n) is 4.05. The predicted octanol–water partition coefficient (Wildman–Crippen LogP) is 2.21. The molecule has 140 valence electrons. The maximum atomic E-state index is 13.1. The van der Waals surface area contributed by atoms with Crippen LogP contribution in [0.2, 0.25) is 0 Å². The number of carbonyl (C=O) groups is 3. The quantitative estimate of drug-likeness (QED) is 0.692. The first-order valence-electron chi connectivity index (χ1n) is 7.96. The summed E-state index contributed by atoms with van der Waals surface area (Å²) in [6, 6.07) is 4.71. The number of ketones is 1. The summed E-state index contributed by atoms with van der Waals surface area (Å²) in [5, 5.41) is 8.64. The van der Waals surface area contributed by atoms with Crippen LogP contribution < -0.4 is 9.47 Å². The maximum absolute atomic E-state index is 13.1. The second-order valence-electron chi connectivity index (χ2n) is 5.59. The van der Waals surface area contributed by atoms with Crippen LogP contribution in [0.4, 0.5) is 0 Å². The minimum Gasteiger partial charge on any atom is -0.493 e. The number of ether oxygens (including phenoxy) is 2. The van der Waals surface area contributed by atoms with Crippen LogP contribution in [0.1, 0.15) is 23.7 Å². The van der Waals surface area contributed by atoms with Crippen LogP contribution >= 0.6 is 11.8 Å². The van der Waals surface area contributed by atoms with E-state index in [-0.39, 0.29) is 16.9 Å². The minimum atomic E-state index is -1.15. The fourth-order valence-corrected chi connectivity index (χ4v) is 3.89. The lowest BCUT2D eigenvalue weighted by Crippen LogP contribution is -2.31. The molecule has 1 N–H and O–H groups in total. The van der Waals surface area contributed by atoms with Crippen molar-refractivity contribution in [3.63, 3.8) is 0 Å². The topological polar surface area (TPSA) is 93.1 Å². The number of carboxylic acid groups (broad SMARTS) is 1. The Kier molecular flexibility index (Phi) is 6.31. The summed E-state index contributed by atoms with van der Waals surface area (Å²) in [5.41, 5.74) is 0.565. The van der Waals surface area contributed by atoms with Gasteiger partial charge in [-0.15, -0.1) is 11.8 Å². The van der Waals surface area contributed by atoms with Gasteiger partial charge in [0.05, 0.1) is 20.6 Å². The lowest BCUT2D eigenvalue weighted by Gasteiger charge is -2.21. The molecule has 1 heterocycles. The summed E-state index contributed by atoms with van der Waals surface area (Å²) < 4.78 is 10.4. The van der Waals surface area contributed by atoms with E-state index >= 15 is 0 Å². The number of methoxy groups -OCH3 is 2.